The summed E-state index contributed by atoms with van der Waals surface area (Å²) in [4.78, 5) is 7.30. The van der Waals surface area contributed by atoms with Crippen LogP contribution in [0.2, 0.25) is 0 Å². The summed E-state index contributed by atoms with van der Waals surface area (Å²) in [6, 6.07) is 0.769. The highest BCUT2D eigenvalue weighted by molar-refractivity contribution is 5.21. The van der Waals surface area contributed by atoms with Gasteiger partial charge in [-0.1, -0.05) is 25.5 Å². The van der Waals surface area contributed by atoms with Crippen LogP contribution in [0.25, 0.3) is 0 Å². The fraction of sp³-hybridized carbons (Fsp3) is 0.765. The number of hydrogen-bond donors (Lipinski definition) is 0. The van der Waals surface area contributed by atoms with Crippen molar-refractivity contribution in [1.29, 1.82) is 0 Å². The van der Waals surface area contributed by atoms with E-state index in [-0.39, 0.29) is 0 Å². The van der Waals surface area contributed by atoms with E-state index in [0.29, 0.717) is 0 Å². The molecule has 20 heavy (non-hydrogen) atoms. The average molecular weight is 279 g/mol. The van der Waals surface area contributed by atoms with Crippen molar-refractivity contribution in [2.24, 2.45) is 0 Å². The average Bonchev–Trinajstić information content (AvgIpc) is 2.44. The molecule has 3 heteroatoms. The highest BCUT2D eigenvalue weighted by Crippen LogP contribution is 2.20. The molecule has 1 heterocycles. The first kappa shape index (κ1) is 17.3. The van der Waals surface area contributed by atoms with Gasteiger partial charge in [-0.15, -0.1) is 0 Å². The summed E-state index contributed by atoms with van der Waals surface area (Å²) in [7, 11) is 6.67. The highest BCUT2D eigenvalue weighted by Gasteiger charge is 2.26. The van der Waals surface area contributed by atoms with Gasteiger partial charge in [0.2, 0.25) is 0 Å². The van der Waals surface area contributed by atoms with Crippen LogP contribution in [0, 0.1) is 0 Å². The van der Waals surface area contributed by atoms with Crippen molar-refractivity contribution in [3.63, 3.8) is 0 Å². The molecule has 1 aliphatic heterocycles. The van der Waals surface area contributed by atoms with E-state index >= 15 is 0 Å². The molecule has 0 amide bonds. The maximum atomic E-state index is 2.50. The molecule has 3 nitrogen and oxygen atoms in total. The first-order valence-electron chi connectivity index (χ1n) is 8.02. The summed E-state index contributed by atoms with van der Waals surface area (Å²) in [5.74, 6) is 0. The maximum Gasteiger partial charge on any atom is 0.0347 e. The maximum absolute atomic E-state index is 2.50. The number of likely N-dealkylation sites (N-methyl/N-ethyl adjacent to an activating group) is 3. The second-order valence-electron chi connectivity index (χ2n) is 5.95. The van der Waals surface area contributed by atoms with Gasteiger partial charge in [0.25, 0.3) is 0 Å². The second-order valence-corrected chi connectivity index (χ2v) is 5.95. The Kier molecular flexibility index (Phi) is 7.31. The minimum atomic E-state index is 0.769. The zero-order valence-electron chi connectivity index (χ0n) is 14.3. The Balaban J connectivity index is 0.000000956. The largest absolute Gasteiger partial charge is 0.377 e. The van der Waals surface area contributed by atoms with E-state index in [4.69, 9.17) is 0 Å². The quantitative estimate of drug-likeness (QED) is 0.766. The van der Waals surface area contributed by atoms with Crippen LogP contribution < -0.4 is 0 Å². The Bertz CT molecular complexity index is 340. The zero-order chi connectivity index (χ0) is 15.1. The van der Waals surface area contributed by atoms with Gasteiger partial charge in [-0.05, 0) is 39.9 Å². The number of allylic oxidation sites excluding steroid dienone is 4. The molecule has 0 radical (unpaired) electrons. The van der Waals surface area contributed by atoms with Crippen molar-refractivity contribution in [2.45, 2.75) is 39.7 Å². The van der Waals surface area contributed by atoms with Crippen molar-refractivity contribution >= 4 is 0 Å². The second kappa shape index (κ2) is 8.48. The van der Waals surface area contributed by atoms with E-state index in [2.05, 4.69) is 54.9 Å². The lowest BCUT2D eigenvalue weighted by Gasteiger charge is -2.42. The van der Waals surface area contributed by atoms with Crippen LogP contribution in [0.5, 0.6) is 0 Å². The van der Waals surface area contributed by atoms with Gasteiger partial charge in [0, 0.05) is 45.0 Å². The van der Waals surface area contributed by atoms with Gasteiger partial charge in [0.1, 0.15) is 0 Å². The fourth-order valence-electron chi connectivity index (χ4n) is 2.63. The summed E-state index contributed by atoms with van der Waals surface area (Å²) in [5, 5.41) is 0. The number of hydrogen-bond acceptors (Lipinski definition) is 3. The number of rotatable bonds is 5. The molecule has 0 N–H and O–H groups in total. The van der Waals surface area contributed by atoms with E-state index in [1.54, 1.807) is 0 Å². The minimum absolute atomic E-state index is 0.769. The molecule has 0 aromatic rings. The molecule has 116 valence electrons. The van der Waals surface area contributed by atoms with E-state index in [9.17, 15) is 0 Å². The fourth-order valence-corrected chi connectivity index (χ4v) is 2.63. The van der Waals surface area contributed by atoms with Gasteiger partial charge < -0.3 is 9.80 Å². The summed E-state index contributed by atoms with van der Waals surface area (Å²) >= 11 is 0. The standard InChI is InChI=1S/C15H27N3.C2H6/c1-13-5-7-14(8-6-13)17(3)9-10-18(4)15-11-16(2)12-15;1-2/h5,7,15H,6,8-12H2,1-4H3;1-2H3. The van der Waals surface area contributed by atoms with Crippen molar-refractivity contribution in [3.05, 3.63) is 23.4 Å². The molecule has 0 bridgehead atoms. The lowest BCUT2D eigenvalue weighted by molar-refractivity contribution is 0.0668. The molecule has 1 saturated heterocycles. The van der Waals surface area contributed by atoms with Gasteiger partial charge >= 0.3 is 0 Å². The van der Waals surface area contributed by atoms with Crippen molar-refractivity contribution in [1.82, 2.24) is 14.7 Å². The Labute approximate surface area is 125 Å². The predicted octanol–water partition coefficient (Wildman–Crippen LogP) is 2.81. The lowest BCUT2D eigenvalue weighted by Crippen LogP contribution is -2.57. The van der Waals surface area contributed by atoms with Gasteiger partial charge in [-0.25, -0.2) is 0 Å². The minimum Gasteiger partial charge on any atom is -0.377 e. The monoisotopic (exact) mass is 279 g/mol. The van der Waals surface area contributed by atoms with Crippen LogP contribution in [-0.2, 0) is 0 Å². The van der Waals surface area contributed by atoms with Crippen LogP contribution in [0.3, 0.4) is 0 Å². The van der Waals surface area contributed by atoms with Gasteiger partial charge in [0.05, 0.1) is 0 Å². The first-order chi connectivity index (χ1) is 9.56. The zero-order valence-corrected chi connectivity index (χ0v) is 14.3. The summed E-state index contributed by atoms with van der Waals surface area (Å²) in [6.45, 7) is 11.0. The Hall–Kier alpha value is -0.800. The van der Waals surface area contributed by atoms with E-state index in [0.717, 1.165) is 19.1 Å². The Morgan fingerprint density at radius 2 is 1.75 bits per heavy atom. The summed E-state index contributed by atoms with van der Waals surface area (Å²) < 4.78 is 0. The Morgan fingerprint density at radius 1 is 1.10 bits per heavy atom. The number of likely N-dealkylation sites (tertiary alicyclic amines) is 1. The lowest BCUT2D eigenvalue weighted by atomic mass is 10.0. The first-order valence-corrected chi connectivity index (χ1v) is 8.02. The molecule has 0 saturated carbocycles. The van der Waals surface area contributed by atoms with Crippen LogP contribution >= 0.6 is 0 Å². The molecular formula is C17H33N3. The molecule has 0 aromatic carbocycles. The summed E-state index contributed by atoms with van der Waals surface area (Å²) in [6.07, 6.45) is 6.98. The molecule has 1 fully saturated rings. The topological polar surface area (TPSA) is 9.72 Å². The molecule has 0 atom stereocenters. The Morgan fingerprint density at radius 3 is 2.25 bits per heavy atom. The van der Waals surface area contributed by atoms with E-state index in [1.807, 2.05) is 13.8 Å². The third-order valence-corrected chi connectivity index (χ3v) is 4.28. The molecule has 1 aliphatic carbocycles. The molecule has 0 unspecified atom stereocenters. The van der Waals surface area contributed by atoms with Crippen LogP contribution in [-0.4, -0.2) is 68.1 Å². The van der Waals surface area contributed by atoms with E-state index in [1.165, 1.54) is 37.2 Å². The third kappa shape index (κ3) is 4.95. The van der Waals surface area contributed by atoms with Gasteiger partial charge in [-0.2, -0.15) is 0 Å². The molecule has 0 spiro atoms. The third-order valence-electron chi connectivity index (χ3n) is 4.28. The molecule has 2 rings (SSSR count). The molecule has 2 aliphatic rings. The SMILES string of the molecule is CC.CC1=CC=C(N(C)CCN(C)C2CN(C)C2)CC1. The normalized spacial score (nSPS) is 19.8. The van der Waals surface area contributed by atoms with Crippen LogP contribution in [0.15, 0.2) is 23.4 Å². The summed E-state index contributed by atoms with van der Waals surface area (Å²) in [5.41, 5.74) is 2.99. The highest BCUT2D eigenvalue weighted by atomic mass is 15.3. The van der Waals surface area contributed by atoms with Crippen molar-refractivity contribution in [2.75, 3.05) is 47.3 Å². The van der Waals surface area contributed by atoms with Crippen LogP contribution in [0.4, 0.5) is 0 Å². The molecular weight excluding hydrogens is 246 g/mol. The predicted molar refractivity (Wildman–Crippen MR) is 89.0 cm³/mol. The van der Waals surface area contributed by atoms with Crippen molar-refractivity contribution < 1.29 is 0 Å². The molecule has 0 aromatic heterocycles. The van der Waals surface area contributed by atoms with Crippen molar-refractivity contribution in [3.8, 4) is 0 Å². The van der Waals surface area contributed by atoms with Gasteiger partial charge in [0.15, 0.2) is 0 Å². The van der Waals surface area contributed by atoms with E-state index < -0.39 is 0 Å². The van der Waals surface area contributed by atoms with Gasteiger partial charge in [-0.3, -0.25) is 4.90 Å². The number of nitrogens with zero attached hydrogens (tertiary/aromatic N) is 3. The van der Waals surface area contributed by atoms with Crippen LogP contribution in [0.1, 0.15) is 33.6 Å². The smallest absolute Gasteiger partial charge is 0.0347 e.